The molecule has 16 heavy (non-hydrogen) atoms. The molecule has 0 aromatic carbocycles. The van der Waals surface area contributed by atoms with Gasteiger partial charge in [-0.25, -0.2) is 4.98 Å². The summed E-state index contributed by atoms with van der Waals surface area (Å²) < 4.78 is 2.21. The average Bonchev–Trinajstić information content (AvgIpc) is 2.73. The molecule has 0 spiro atoms. The highest BCUT2D eigenvalue weighted by Crippen LogP contribution is 2.12. The highest BCUT2D eigenvalue weighted by Gasteiger charge is 2.19. The lowest BCUT2D eigenvalue weighted by atomic mass is 10.1. The number of nitrogens with zero attached hydrogens (tertiary/aromatic N) is 3. The Morgan fingerprint density at radius 1 is 1.62 bits per heavy atom. The van der Waals surface area contributed by atoms with Crippen molar-refractivity contribution in [3.05, 3.63) is 18.2 Å². The Balaban J connectivity index is 0.00000128. The number of guanidine groups is 1. The maximum Gasteiger partial charge on any atom is 0.190 e. The third-order valence-corrected chi connectivity index (χ3v) is 2.75. The molecular formula is C10H18IN5. The highest BCUT2D eigenvalue weighted by molar-refractivity contribution is 14.0. The van der Waals surface area contributed by atoms with Crippen LogP contribution in [-0.4, -0.2) is 35.6 Å². The van der Waals surface area contributed by atoms with Crippen LogP contribution in [-0.2, 0) is 13.0 Å². The van der Waals surface area contributed by atoms with Gasteiger partial charge in [-0.1, -0.05) is 0 Å². The molecular weight excluding hydrogens is 317 g/mol. The largest absolute Gasteiger partial charge is 0.359 e. The summed E-state index contributed by atoms with van der Waals surface area (Å²) in [5.41, 5.74) is 0. The van der Waals surface area contributed by atoms with E-state index >= 15 is 0 Å². The van der Waals surface area contributed by atoms with Crippen LogP contribution in [0, 0.1) is 0 Å². The van der Waals surface area contributed by atoms with Crippen LogP contribution >= 0.6 is 24.0 Å². The Labute approximate surface area is 113 Å². The molecule has 1 aromatic heterocycles. The SMILES string of the molecule is CN=C(NC)NC1CCn2ccnc2C1.I. The average molecular weight is 335 g/mol. The first-order chi connectivity index (χ1) is 7.33. The number of aryl methyl sites for hydroxylation is 1. The molecule has 90 valence electrons. The molecule has 6 heteroatoms. The van der Waals surface area contributed by atoms with E-state index in [1.165, 1.54) is 0 Å². The zero-order valence-corrected chi connectivity index (χ0v) is 11.9. The van der Waals surface area contributed by atoms with Crippen molar-refractivity contribution >= 4 is 29.9 Å². The quantitative estimate of drug-likeness (QED) is 0.449. The predicted octanol–water partition coefficient (Wildman–Crippen LogP) is 0.611. The van der Waals surface area contributed by atoms with Gasteiger partial charge in [0, 0.05) is 45.5 Å². The number of hydrogen-bond acceptors (Lipinski definition) is 2. The van der Waals surface area contributed by atoms with Gasteiger partial charge >= 0.3 is 0 Å². The van der Waals surface area contributed by atoms with Gasteiger partial charge in [0.25, 0.3) is 0 Å². The Kier molecular flexibility index (Phi) is 5.04. The highest BCUT2D eigenvalue weighted by atomic mass is 127. The van der Waals surface area contributed by atoms with Crippen molar-refractivity contribution in [1.29, 1.82) is 0 Å². The fourth-order valence-electron chi connectivity index (χ4n) is 1.92. The Morgan fingerprint density at radius 3 is 3.12 bits per heavy atom. The smallest absolute Gasteiger partial charge is 0.190 e. The molecule has 0 bridgehead atoms. The molecule has 0 fully saturated rings. The predicted molar refractivity (Wildman–Crippen MR) is 75.3 cm³/mol. The molecule has 1 atom stereocenters. The van der Waals surface area contributed by atoms with E-state index in [-0.39, 0.29) is 24.0 Å². The number of nitrogens with one attached hydrogen (secondary N) is 2. The van der Waals surface area contributed by atoms with E-state index in [1.807, 2.05) is 19.4 Å². The monoisotopic (exact) mass is 335 g/mol. The molecule has 2 rings (SSSR count). The Hall–Kier alpha value is -0.790. The summed E-state index contributed by atoms with van der Waals surface area (Å²) in [6.07, 6.45) is 5.99. The molecule has 2 heterocycles. The number of aliphatic imine (C=N–C) groups is 1. The van der Waals surface area contributed by atoms with Crippen molar-refractivity contribution in [2.45, 2.75) is 25.4 Å². The van der Waals surface area contributed by atoms with Crippen LogP contribution in [0.15, 0.2) is 17.4 Å². The normalized spacial score (nSPS) is 19.6. The van der Waals surface area contributed by atoms with Crippen LogP contribution in [0.4, 0.5) is 0 Å². The standard InChI is InChI=1S/C10H17N5.HI/c1-11-10(12-2)14-8-3-5-15-6-4-13-9(15)7-8;/h4,6,8H,3,5,7H2,1-2H3,(H2,11,12,14);1H. The topological polar surface area (TPSA) is 54.2 Å². The third kappa shape index (κ3) is 2.87. The fraction of sp³-hybridized carbons (Fsp3) is 0.600. The second-order valence-corrected chi connectivity index (χ2v) is 3.69. The number of halogens is 1. The van der Waals surface area contributed by atoms with Crippen LogP contribution in [0.25, 0.3) is 0 Å². The Bertz CT molecular complexity index is 360. The lowest BCUT2D eigenvalue weighted by molar-refractivity contribution is 0.432. The van der Waals surface area contributed by atoms with Crippen LogP contribution in [0.3, 0.4) is 0 Å². The Morgan fingerprint density at radius 2 is 2.44 bits per heavy atom. The van der Waals surface area contributed by atoms with Gasteiger partial charge in [-0.15, -0.1) is 24.0 Å². The van der Waals surface area contributed by atoms with Crippen molar-refractivity contribution in [3.8, 4) is 0 Å². The van der Waals surface area contributed by atoms with E-state index in [4.69, 9.17) is 0 Å². The maximum absolute atomic E-state index is 4.33. The first kappa shape index (κ1) is 13.3. The van der Waals surface area contributed by atoms with E-state index in [0.29, 0.717) is 6.04 Å². The maximum atomic E-state index is 4.33. The molecule has 0 radical (unpaired) electrons. The summed E-state index contributed by atoms with van der Waals surface area (Å²) in [6, 6.07) is 0.436. The third-order valence-electron chi connectivity index (χ3n) is 2.75. The minimum Gasteiger partial charge on any atom is -0.359 e. The van der Waals surface area contributed by atoms with Crippen LogP contribution in [0.2, 0.25) is 0 Å². The zero-order valence-electron chi connectivity index (χ0n) is 9.60. The minimum absolute atomic E-state index is 0. The van der Waals surface area contributed by atoms with Gasteiger partial charge in [0.1, 0.15) is 5.82 Å². The number of rotatable bonds is 1. The molecule has 5 nitrogen and oxygen atoms in total. The molecule has 2 N–H and O–H groups in total. The summed E-state index contributed by atoms with van der Waals surface area (Å²) >= 11 is 0. The molecule has 0 aliphatic carbocycles. The molecule has 1 aromatic rings. The lowest BCUT2D eigenvalue weighted by Gasteiger charge is -2.25. The summed E-state index contributed by atoms with van der Waals surface area (Å²) in [7, 11) is 3.65. The molecule has 0 saturated carbocycles. The number of aromatic nitrogens is 2. The van der Waals surface area contributed by atoms with Crippen molar-refractivity contribution in [3.63, 3.8) is 0 Å². The number of imidazole rings is 1. The van der Waals surface area contributed by atoms with Crippen molar-refractivity contribution in [2.24, 2.45) is 4.99 Å². The van der Waals surface area contributed by atoms with Crippen LogP contribution in [0.1, 0.15) is 12.2 Å². The summed E-state index contributed by atoms with van der Waals surface area (Å²) in [4.78, 5) is 8.44. The van der Waals surface area contributed by atoms with Crippen LogP contribution < -0.4 is 10.6 Å². The van der Waals surface area contributed by atoms with Crippen LogP contribution in [0.5, 0.6) is 0 Å². The van der Waals surface area contributed by atoms with Gasteiger partial charge in [0.2, 0.25) is 0 Å². The van der Waals surface area contributed by atoms with E-state index in [2.05, 4.69) is 25.2 Å². The lowest BCUT2D eigenvalue weighted by Crippen LogP contribution is -2.45. The van der Waals surface area contributed by atoms with E-state index in [0.717, 1.165) is 31.2 Å². The first-order valence-corrected chi connectivity index (χ1v) is 5.24. The van der Waals surface area contributed by atoms with Gasteiger partial charge < -0.3 is 15.2 Å². The van der Waals surface area contributed by atoms with E-state index < -0.39 is 0 Å². The summed E-state index contributed by atoms with van der Waals surface area (Å²) in [5.74, 6) is 2.00. The molecule has 1 aliphatic rings. The van der Waals surface area contributed by atoms with Gasteiger partial charge in [0.05, 0.1) is 0 Å². The van der Waals surface area contributed by atoms with Gasteiger partial charge in [-0.3, -0.25) is 4.99 Å². The molecule has 1 unspecified atom stereocenters. The second-order valence-electron chi connectivity index (χ2n) is 3.69. The second kappa shape index (κ2) is 6.07. The van der Waals surface area contributed by atoms with Crippen molar-refractivity contribution in [1.82, 2.24) is 20.2 Å². The summed E-state index contributed by atoms with van der Waals surface area (Å²) in [5, 5.41) is 6.40. The van der Waals surface area contributed by atoms with E-state index in [9.17, 15) is 0 Å². The number of hydrogen-bond donors (Lipinski definition) is 2. The van der Waals surface area contributed by atoms with E-state index in [1.54, 1.807) is 7.05 Å². The van der Waals surface area contributed by atoms with Gasteiger partial charge in [0.15, 0.2) is 5.96 Å². The molecule has 0 amide bonds. The minimum atomic E-state index is 0. The van der Waals surface area contributed by atoms with Crippen molar-refractivity contribution < 1.29 is 0 Å². The fourth-order valence-corrected chi connectivity index (χ4v) is 1.92. The van der Waals surface area contributed by atoms with Gasteiger partial charge in [-0.2, -0.15) is 0 Å². The zero-order chi connectivity index (χ0) is 10.7. The first-order valence-electron chi connectivity index (χ1n) is 5.24. The number of fused-ring (bicyclic) bond motifs is 1. The molecule has 1 aliphatic heterocycles. The molecule has 0 saturated heterocycles. The van der Waals surface area contributed by atoms with Crippen molar-refractivity contribution in [2.75, 3.05) is 14.1 Å². The summed E-state index contributed by atoms with van der Waals surface area (Å²) in [6.45, 7) is 1.04. The van der Waals surface area contributed by atoms with Gasteiger partial charge in [-0.05, 0) is 6.42 Å².